The van der Waals surface area contributed by atoms with Gasteiger partial charge in [-0.3, -0.25) is 0 Å². The number of hydrogen-bond donors (Lipinski definition) is 0. The van der Waals surface area contributed by atoms with Crippen molar-refractivity contribution in [2.24, 2.45) is 5.92 Å². The summed E-state index contributed by atoms with van der Waals surface area (Å²) in [4.78, 5) is 16.8. The van der Waals surface area contributed by atoms with Gasteiger partial charge in [-0.1, -0.05) is 31.5 Å². The predicted molar refractivity (Wildman–Crippen MR) is 103 cm³/mol. The third-order valence-electron chi connectivity index (χ3n) is 3.79. The van der Waals surface area contributed by atoms with Crippen LogP contribution in [-0.2, 0) is 11.3 Å². The largest absolute Gasteiger partial charge is 0.493 e. The van der Waals surface area contributed by atoms with Crippen molar-refractivity contribution in [1.82, 2.24) is 9.38 Å². The topological polar surface area (TPSA) is 62.1 Å². The van der Waals surface area contributed by atoms with Crippen molar-refractivity contribution in [2.45, 2.75) is 20.5 Å². The van der Waals surface area contributed by atoms with E-state index in [1.165, 1.54) is 13.2 Å². The quantitative estimate of drug-likeness (QED) is 0.562. The van der Waals surface area contributed by atoms with Gasteiger partial charge in [0.05, 0.1) is 30.0 Å². The number of carbonyl (C=O) groups excluding carboxylic acids is 1. The highest BCUT2D eigenvalue weighted by Gasteiger charge is 2.17. The Morgan fingerprint density at radius 3 is 2.81 bits per heavy atom. The minimum Gasteiger partial charge on any atom is -0.493 e. The summed E-state index contributed by atoms with van der Waals surface area (Å²) in [7, 11) is 1.50. The molecule has 0 fully saturated rings. The lowest BCUT2D eigenvalue weighted by Crippen LogP contribution is -2.09. The van der Waals surface area contributed by atoms with Crippen LogP contribution in [-0.4, -0.2) is 29.1 Å². The highest BCUT2D eigenvalue weighted by Crippen LogP contribution is 2.37. The molecule has 0 aliphatic rings. The Kier molecular flexibility index (Phi) is 5.86. The third-order valence-corrected chi connectivity index (χ3v) is 4.07. The van der Waals surface area contributed by atoms with Crippen LogP contribution in [0.5, 0.6) is 11.5 Å². The molecule has 0 amide bonds. The summed E-state index contributed by atoms with van der Waals surface area (Å²) in [6.07, 6.45) is 3.70. The monoisotopic (exact) mass is 388 g/mol. The molecule has 27 heavy (non-hydrogen) atoms. The average Bonchev–Trinajstić information content (AvgIpc) is 3.07. The minimum atomic E-state index is -0.511. The molecule has 142 valence electrons. The molecule has 3 rings (SSSR count). The van der Waals surface area contributed by atoms with Crippen molar-refractivity contribution >= 4 is 23.2 Å². The Labute approximate surface area is 162 Å². The highest BCUT2D eigenvalue weighted by atomic mass is 35.5. The van der Waals surface area contributed by atoms with Crippen LogP contribution in [0.1, 0.15) is 29.9 Å². The molecular formula is C20H21ClN2O4. The first kappa shape index (κ1) is 19.0. The molecule has 2 heterocycles. The van der Waals surface area contributed by atoms with Crippen molar-refractivity contribution in [3.63, 3.8) is 0 Å². The molecule has 6 nitrogen and oxygen atoms in total. The van der Waals surface area contributed by atoms with Gasteiger partial charge >= 0.3 is 5.97 Å². The van der Waals surface area contributed by atoms with Crippen LogP contribution >= 0.6 is 11.6 Å². The molecule has 2 aromatic heterocycles. The van der Waals surface area contributed by atoms with Gasteiger partial charge in [0.25, 0.3) is 0 Å². The van der Waals surface area contributed by atoms with E-state index < -0.39 is 5.97 Å². The average molecular weight is 389 g/mol. The molecule has 7 heteroatoms. The van der Waals surface area contributed by atoms with E-state index in [0.29, 0.717) is 34.7 Å². The van der Waals surface area contributed by atoms with E-state index in [2.05, 4.69) is 4.98 Å². The summed E-state index contributed by atoms with van der Waals surface area (Å²) in [5.74, 6) is 0.635. The first-order valence-electron chi connectivity index (χ1n) is 8.58. The highest BCUT2D eigenvalue weighted by molar-refractivity contribution is 6.32. The lowest BCUT2D eigenvalue weighted by molar-refractivity contribution is 0.0468. The van der Waals surface area contributed by atoms with Gasteiger partial charge in [0.1, 0.15) is 12.3 Å². The molecular weight excluding hydrogens is 368 g/mol. The fraction of sp³-hybridized carbons (Fsp3) is 0.300. The first-order chi connectivity index (χ1) is 13.0. The number of esters is 1. The van der Waals surface area contributed by atoms with E-state index in [1.807, 2.05) is 48.8 Å². The molecule has 0 N–H and O–H groups in total. The Hall–Kier alpha value is -2.73. The molecule has 0 unspecified atom stereocenters. The van der Waals surface area contributed by atoms with Gasteiger partial charge < -0.3 is 18.6 Å². The van der Waals surface area contributed by atoms with Crippen molar-refractivity contribution in [3.05, 3.63) is 59.0 Å². The lowest BCUT2D eigenvalue weighted by Gasteiger charge is -2.15. The Bertz CT molecular complexity index is 919. The molecule has 0 saturated carbocycles. The first-order valence-corrected chi connectivity index (χ1v) is 8.95. The van der Waals surface area contributed by atoms with Crippen LogP contribution in [0, 0.1) is 5.92 Å². The van der Waals surface area contributed by atoms with Gasteiger partial charge in [0.15, 0.2) is 11.5 Å². The number of halogens is 1. The number of hydrogen-bond acceptors (Lipinski definition) is 5. The van der Waals surface area contributed by atoms with Crippen LogP contribution in [0.25, 0.3) is 5.65 Å². The summed E-state index contributed by atoms with van der Waals surface area (Å²) in [5, 5.41) is 0.301. The maximum absolute atomic E-state index is 12.4. The van der Waals surface area contributed by atoms with Gasteiger partial charge in [-0.25, -0.2) is 9.78 Å². The summed E-state index contributed by atoms with van der Waals surface area (Å²) in [6, 6.07) is 8.77. The van der Waals surface area contributed by atoms with E-state index in [-0.39, 0.29) is 12.2 Å². The Morgan fingerprint density at radius 1 is 1.30 bits per heavy atom. The normalized spacial score (nSPS) is 11.0. The number of carbonyl (C=O) groups is 1. The summed E-state index contributed by atoms with van der Waals surface area (Å²) in [6.45, 7) is 4.62. The van der Waals surface area contributed by atoms with Crippen LogP contribution in [0.2, 0.25) is 5.02 Å². The number of ether oxygens (including phenoxy) is 3. The van der Waals surface area contributed by atoms with E-state index in [9.17, 15) is 4.79 Å². The lowest BCUT2D eigenvalue weighted by atomic mass is 10.2. The van der Waals surface area contributed by atoms with Crippen molar-refractivity contribution in [1.29, 1.82) is 0 Å². The second-order valence-corrected chi connectivity index (χ2v) is 6.88. The maximum atomic E-state index is 12.4. The number of pyridine rings is 1. The van der Waals surface area contributed by atoms with Gasteiger partial charge in [0.2, 0.25) is 0 Å². The van der Waals surface area contributed by atoms with E-state index in [0.717, 1.165) is 5.65 Å². The molecule has 0 aliphatic heterocycles. The zero-order valence-electron chi connectivity index (χ0n) is 15.4. The van der Waals surface area contributed by atoms with Gasteiger partial charge in [0, 0.05) is 12.4 Å². The minimum absolute atomic E-state index is 0.0616. The predicted octanol–water partition coefficient (Wildman–Crippen LogP) is 4.39. The number of fused-ring (bicyclic) bond motifs is 1. The smallest absolute Gasteiger partial charge is 0.338 e. The van der Waals surface area contributed by atoms with Crippen molar-refractivity contribution in [2.75, 3.05) is 13.7 Å². The number of rotatable bonds is 7. The van der Waals surface area contributed by atoms with Crippen LogP contribution in [0.4, 0.5) is 0 Å². The van der Waals surface area contributed by atoms with E-state index in [4.69, 9.17) is 25.8 Å². The Balaban J connectivity index is 1.72. The number of imidazole rings is 1. The fourth-order valence-electron chi connectivity index (χ4n) is 2.51. The van der Waals surface area contributed by atoms with Crippen molar-refractivity contribution < 1.29 is 19.0 Å². The molecule has 0 atom stereocenters. The number of benzene rings is 1. The fourth-order valence-corrected chi connectivity index (χ4v) is 2.77. The van der Waals surface area contributed by atoms with Gasteiger partial charge in [-0.2, -0.15) is 0 Å². The second kappa shape index (κ2) is 8.31. The van der Waals surface area contributed by atoms with E-state index >= 15 is 0 Å². The molecule has 0 radical (unpaired) electrons. The van der Waals surface area contributed by atoms with Crippen LogP contribution in [0.3, 0.4) is 0 Å². The number of nitrogens with zero attached hydrogens (tertiary/aromatic N) is 2. The van der Waals surface area contributed by atoms with E-state index in [1.54, 1.807) is 6.07 Å². The van der Waals surface area contributed by atoms with Crippen molar-refractivity contribution in [3.8, 4) is 11.5 Å². The molecule has 0 saturated heterocycles. The SMILES string of the molecule is COc1cc(C(=O)OCc2cn3ccccc3n2)cc(Cl)c1OCC(C)C. The zero-order valence-corrected chi connectivity index (χ0v) is 16.2. The molecule has 0 spiro atoms. The zero-order chi connectivity index (χ0) is 19.4. The van der Waals surface area contributed by atoms with Crippen LogP contribution in [0.15, 0.2) is 42.7 Å². The van der Waals surface area contributed by atoms with Gasteiger partial charge in [-0.05, 0) is 30.2 Å². The standard InChI is InChI=1S/C20H21ClN2O4/c1-13(2)11-26-19-16(21)8-14(9-17(19)25-3)20(24)27-12-15-10-23-7-5-4-6-18(23)22-15/h4-10,13H,11-12H2,1-3H3. The van der Waals surface area contributed by atoms with Crippen LogP contribution < -0.4 is 9.47 Å². The molecule has 0 bridgehead atoms. The summed E-state index contributed by atoms with van der Waals surface area (Å²) in [5.41, 5.74) is 1.74. The Morgan fingerprint density at radius 2 is 2.11 bits per heavy atom. The van der Waals surface area contributed by atoms with Gasteiger partial charge in [-0.15, -0.1) is 0 Å². The maximum Gasteiger partial charge on any atom is 0.338 e. The summed E-state index contributed by atoms with van der Waals surface area (Å²) < 4.78 is 18.2. The third kappa shape index (κ3) is 4.52. The second-order valence-electron chi connectivity index (χ2n) is 6.47. The molecule has 0 aliphatic carbocycles. The molecule has 3 aromatic rings. The number of methoxy groups -OCH3 is 1. The number of aromatic nitrogens is 2. The summed E-state index contributed by atoms with van der Waals surface area (Å²) >= 11 is 6.28. The molecule has 1 aromatic carbocycles.